The number of carboxylic acids is 1. The number of rotatable bonds is 7. The number of methoxy groups -OCH3 is 1. The number of carbonyl (C=O) groups is 1. The molecular formula is C17H24O4. The molecule has 0 unspecified atom stereocenters. The maximum Gasteiger partial charge on any atom is 0.309 e. The van der Waals surface area contributed by atoms with Gasteiger partial charge in [0.05, 0.1) is 18.1 Å². The SMILES string of the molecule is COCCC1(C(=O)O)CCC(OCc2ccccc2)CC1. The standard InChI is InChI=1S/C17H24O4/c1-20-12-11-17(16(18)19)9-7-15(8-10-17)21-13-14-5-3-2-4-6-14/h2-6,15H,7-13H2,1H3,(H,18,19). The Morgan fingerprint density at radius 3 is 2.52 bits per heavy atom. The first-order valence-corrected chi connectivity index (χ1v) is 7.54. The number of aliphatic carboxylic acids is 1. The Kier molecular flexibility index (Phi) is 5.76. The maximum absolute atomic E-state index is 11.6. The first kappa shape index (κ1) is 16.0. The minimum absolute atomic E-state index is 0.167. The Bertz CT molecular complexity index is 435. The average Bonchev–Trinajstić information content (AvgIpc) is 2.53. The van der Waals surface area contributed by atoms with Gasteiger partial charge in [-0.25, -0.2) is 0 Å². The predicted molar refractivity (Wildman–Crippen MR) is 80.0 cm³/mol. The number of benzene rings is 1. The summed E-state index contributed by atoms with van der Waals surface area (Å²) in [5.74, 6) is -0.693. The maximum atomic E-state index is 11.6. The highest BCUT2D eigenvalue weighted by atomic mass is 16.5. The average molecular weight is 292 g/mol. The van der Waals surface area contributed by atoms with Crippen molar-refractivity contribution in [1.82, 2.24) is 0 Å². The van der Waals surface area contributed by atoms with Gasteiger partial charge in [-0.2, -0.15) is 0 Å². The topological polar surface area (TPSA) is 55.8 Å². The van der Waals surface area contributed by atoms with Crippen LogP contribution in [-0.4, -0.2) is 30.9 Å². The van der Waals surface area contributed by atoms with Gasteiger partial charge in [0, 0.05) is 13.7 Å². The van der Waals surface area contributed by atoms with Gasteiger partial charge in [-0.1, -0.05) is 30.3 Å². The largest absolute Gasteiger partial charge is 0.481 e. The van der Waals surface area contributed by atoms with Crippen LogP contribution >= 0.6 is 0 Å². The fraction of sp³-hybridized carbons (Fsp3) is 0.588. The van der Waals surface area contributed by atoms with Crippen molar-refractivity contribution in [2.24, 2.45) is 5.41 Å². The highest BCUT2D eigenvalue weighted by Crippen LogP contribution is 2.40. The lowest BCUT2D eigenvalue weighted by Gasteiger charge is -2.36. The minimum atomic E-state index is -0.693. The molecule has 21 heavy (non-hydrogen) atoms. The summed E-state index contributed by atoms with van der Waals surface area (Å²) in [7, 11) is 1.62. The molecule has 0 spiro atoms. The lowest BCUT2D eigenvalue weighted by molar-refractivity contribution is -0.154. The van der Waals surface area contributed by atoms with Crippen molar-refractivity contribution in [2.75, 3.05) is 13.7 Å². The molecule has 0 bridgehead atoms. The predicted octanol–water partition coefficient (Wildman–Crippen LogP) is 3.25. The molecule has 1 saturated carbocycles. The summed E-state index contributed by atoms with van der Waals surface area (Å²) in [6.07, 6.45) is 3.71. The summed E-state index contributed by atoms with van der Waals surface area (Å²) in [6.45, 7) is 1.10. The summed E-state index contributed by atoms with van der Waals surface area (Å²) < 4.78 is 11.0. The van der Waals surface area contributed by atoms with Crippen molar-refractivity contribution < 1.29 is 19.4 Å². The van der Waals surface area contributed by atoms with E-state index in [0.29, 0.717) is 32.5 Å². The summed E-state index contributed by atoms with van der Waals surface area (Å²) in [5.41, 5.74) is 0.537. The van der Waals surface area contributed by atoms with Crippen molar-refractivity contribution >= 4 is 5.97 Å². The van der Waals surface area contributed by atoms with Crippen molar-refractivity contribution in [3.8, 4) is 0 Å². The van der Waals surface area contributed by atoms with Crippen LogP contribution in [0.4, 0.5) is 0 Å². The molecule has 2 rings (SSSR count). The molecule has 0 radical (unpaired) electrons. The zero-order valence-electron chi connectivity index (χ0n) is 12.6. The molecule has 1 aromatic carbocycles. The number of hydrogen-bond donors (Lipinski definition) is 1. The van der Waals surface area contributed by atoms with E-state index in [1.807, 2.05) is 30.3 Å². The van der Waals surface area contributed by atoms with Gasteiger partial charge < -0.3 is 14.6 Å². The molecule has 1 N–H and O–H groups in total. The van der Waals surface area contributed by atoms with Gasteiger partial charge in [0.1, 0.15) is 0 Å². The molecule has 0 amide bonds. The molecule has 0 aliphatic heterocycles. The van der Waals surface area contributed by atoms with E-state index in [2.05, 4.69) is 0 Å². The normalized spacial score (nSPS) is 25.7. The van der Waals surface area contributed by atoms with E-state index in [4.69, 9.17) is 9.47 Å². The van der Waals surface area contributed by atoms with Crippen LogP contribution < -0.4 is 0 Å². The summed E-state index contributed by atoms with van der Waals surface area (Å²) in [5, 5.41) is 9.51. The molecule has 4 nitrogen and oxygen atoms in total. The highest BCUT2D eigenvalue weighted by molar-refractivity contribution is 5.74. The lowest BCUT2D eigenvalue weighted by Crippen LogP contribution is -2.38. The van der Waals surface area contributed by atoms with Gasteiger partial charge >= 0.3 is 5.97 Å². The van der Waals surface area contributed by atoms with Gasteiger partial charge in [-0.05, 0) is 37.7 Å². The van der Waals surface area contributed by atoms with E-state index in [1.165, 1.54) is 0 Å². The van der Waals surface area contributed by atoms with Crippen molar-refractivity contribution in [3.63, 3.8) is 0 Å². The first-order valence-electron chi connectivity index (χ1n) is 7.54. The number of carboxylic acid groups (broad SMARTS) is 1. The quantitative estimate of drug-likeness (QED) is 0.838. The van der Waals surface area contributed by atoms with Crippen LogP contribution in [0, 0.1) is 5.41 Å². The zero-order valence-corrected chi connectivity index (χ0v) is 12.6. The van der Waals surface area contributed by atoms with E-state index >= 15 is 0 Å². The summed E-state index contributed by atoms with van der Waals surface area (Å²) >= 11 is 0. The summed E-state index contributed by atoms with van der Waals surface area (Å²) in [4.78, 5) is 11.6. The van der Waals surface area contributed by atoms with Gasteiger partial charge in [0.25, 0.3) is 0 Å². The van der Waals surface area contributed by atoms with E-state index < -0.39 is 11.4 Å². The fourth-order valence-electron chi connectivity index (χ4n) is 2.97. The Morgan fingerprint density at radius 2 is 1.95 bits per heavy atom. The van der Waals surface area contributed by atoms with E-state index in [9.17, 15) is 9.90 Å². The van der Waals surface area contributed by atoms with Gasteiger partial charge in [-0.15, -0.1) is 0 Å². The second-order valence-corrected chi connectivity index (χ2v) is 5.82. The Morgan fingerprint density at radius 1 is 1.29 bits per heavy atom. The summed E-state index contributed by atoms with van der Waals surface area (Å²) in [6, 6.07) is 10.1. The van der Waals surface area contributed by atoms with E-state index in [0.717, 1.165) is 18.4 Å². The Labute approximate surface area is 126 Å². The van der Waals surface area contributed by atoms with Gasteiger partial charge in [0.15, 0.2) is 0 Å². The Hall–Kier alpha value is -1.39. The van der Waals surface area contributed by atoms with Gasteiger partial charge in [-0.3, -0.25) is 4.79 Å². The smallest absolute Gasteiger partial charge is 0.309 e. The molecule has 116 valence electrons. The monoisotopic (exact) mass is 292 g/mol. The molecule has 0 heterocycles. The van der Waals surface area contributed by atoms with Gasteiger partial charge in [0.2, 0.25) is 0 Å². The molecule has 1 fully saturated rings. The third kappa shape index (κ3) is 4.29. The van der Waals surface area contributed by atoms with Crippen molar-refractivity contribution in [2.45, 2.75) is 44.8 Å². The second-order valence-electron chi connectivity index (χ2n) is 5.82. The van der Waals surface area contributed by atoms with Crippen LogP contribution in [0.25, 0.3) is 0 Å². The molecule has 0 atom stereocenters. The van der Waals surface area contributed by atoms with E-state index in [-0.39, 0.29) is 6.10 Å². The third-order valence-electron chi connectivity index (χ3n) is 4.46. The van der Waals surface area contributed by atoms with Crippen molar-refractivity contribution in [3.05, 3.63) is 35.9 Å². The first-order chi connectivity index (χ1) is 10.2. The minimum Gasteiger partial charge on any atom is -0.481 e. The molecule has 1 aliphatic rings. The van der Waals surface area contributed by atoms with Crippen LogP contribution in [0.5, 0.6) is 0 Å². The lowest BCUT2D eigenvalue weighted by atomic mass is 9.71. The number of hydrogen-bond acceptors (Lipinski definition) is 3. The molecule has 0 aromatic heterocycles. The Balaban J connectivity index is 1.82. The molecular weight excluding hydrogens is 268 g/mol. The van der Waals surface area contributed by atoms with E-state index in [1.54, 1.807) is 7.11 Å². The van der Waals surface area contributed by atoms with Crippen molar-refractivity contribution in [1.29, 1.82) is 0 Å². The molecule has 4 heteroatoms. The molecule has 1 aromatic rings. The third-order valence-corrected chi connectivity index (χ3v) is 4.46. The number of ether oxygens (including phenoxy) is 2. The van der Waals surface area contributed by atoms with Crippen LogP contribution in [0.1, 0.15) is 37.7 Å². The van der Waals surface area contributed by atoms with Crippen LogP contribution in [0.2, 0.25) is 0 Å². The molecule has 0 saturated heterocycles. The van der Waals surface area contributed by atoms with Crippen LogP contribution in [0.3, 0.4) is 0 Å². The van der Waals surface area contributed by atoms with Crippen LogP contribution in [0.15, 0.2) is 30.3 Å². The van der Waals surface area contributed by atoms with Crippen LogP contribution in [-0.2, 0) is 20.9 Å². The highest BCUT2D eigenvalue weighted by Gasteiger charge is 2.41. The molecule has 1 aliphatic carbocycles. The fourth-order valence-corrected chi connectivity index (χ4v) is 2.97. The zero-order chi connectivity index (χ0) is 15.1. The second kappa shape index (κ2) is 7.57.